The second-order valence-electron chi connectivity index (χ2n) is 7.46. The summed E-state index contributed by atoms with van der Waals surface area (Å²) in [5, 5.41) is 2.37. The highest BCUT2D eigenvalue weighted by Gasteiger charge is 2.39. The lowest BCUT2D eigenvalue weighted by molar-refractivity contribution is -0.141. The zero-order valence-corrected chi connectivity index (χ0v) is 15.5. The van der Waals surface area contributed by atoms with Crippen LogP contribution in [0, 0.1) is 19.8 Å². The zero-order valence-electron chi connectivity index (χ0n) is 15.5. The van der Waals surface area contributed by atoms with Crippen LogP contribution in [-0.2, 0) is 9.53 Å². The molecule has 1 aliphatic rings. The summed E-state index contributed by atoms with van der Waals surface area (Å²) in [7, 11) is 0. The van der Waals surface area contributed by atoms with Gasteiger partial charge in [-0.2, -0.15) is 0 Å². The van der Waals surface area contributed by atoms with Crippen LogP contribution in [-0.4, -0.2) is 22.5 Å². The zero-order chi connectivity index (χ0) is 18.5. The fourth-order valence-corrected chi connectivity index (χ4v) is 4.76. The fraction of sp³-hybridized carbons (Fsp3) is 0.261. The van der Waals surface area contributed by atoms with Gasteiger partial charge in [0.05, 0.1) is 12.5 Å². The van der Waals surface area contributed by atoms with Crippen LogP contribution in [0.4, 0.5) is 0 Å². The van der Waals surface area contributed by atoms with Crippen molar-refractivity contribution >= 4 is 27.8 Å². The van der Waals surface area contributed by atoms with Crippen molar-refractivity contribution in [2.75, 3.05) is 6.61 Å². The van der Waals surface area contributed by atoms with Crippen molar-refractivity contribution in [3.05, 3.63) is 71.0 Å². The number of aromatic amines is 2. The van der Waals surface area contributed by atoms with E-state index in [4.69, 9.17) is 4.74 Å². The van der Waals surface area contributed by atoms with Gasteiger partial charge in [0.1, 0.15) is 0 Å². The van der Waals surface area contributed by atoms with Crippen LogP contribution in [0.25, 0.3) is 21.8 Å². The largest absolute Gasteiger partial charge is 0.465 e. The van der Waals surface area contributed by atoms with Crippen LogP contribution in [0.2, 0.25) is 0 Å². The summed E-state index contributed by atoms with van der Waals surface area (Å²) in [6, 6.07) is 16.7. The number of carbonyl (C=O) groups excluding carboxylic acids is 1. The number of para-hydroxylation sites is 2. The van der Waals surface area contributed by atoms with Gasteiger partial charge in [0, 0.05) is 39.1 Å². The number of benzene rings is 2. The highest BCUT2D eigenvalue weighted by Crippen LogP contribution is 2.45. The van der Waals surface area contributed by atoms with E-state index in [9.17, 15) is 4.79 Å². The molecule has 4 nitrogen and oxygen atoms in total. The van der Waals surface area contributed by atoms with E-state index in [2.05, 4.69) is 60.2 Å². The first-order valence-electron chi connectivity index (χ1n) is 9.46. The molecule has 1 fully saturated rings. The number of carbonyl (C=O) groups is 1. The molecule has 0 spiro atoms. The second-order valence-corrected chi connectivity index (χ2v) is 7.46. The minimum Gasteiger partial charge on any atom is -0.465 e. The molecule has 1 aliphatic heterocycles. The maximum atomic E-state index is 12.7. The number of fused-ring (bicyclic) bond motifs is 2. The van der Waals surface area contributed by atoms with Gasteiger partial charge < -0.3 is 14.7 Å². The molecule has 0 amide bonds. The third-order valence-electron chi connectivity index (χ3n) is 5.89. The first kappa shape index (κ1) is 16.2. The Hall–Kier alpha value is -3.01. The third kappa shape index (κ3) is 2.40. The molecular weight excluding hydrogens is 336 g/mol. The predicted octanol–water partition coefficient (Wildman–Crippen LogP) is 4.96. The number of aromatic nitrogens is 2. The third-order valence-corrected chi connectivity index (χ3v) is 5.89. The SMILES string of the molecule is Cc1[nH]c2ccccc2c1C(c1c(C)[nH]c2ccccc12)[C@@H]1CCOC1=O. The van der Waals surface area contributed by atoms with Crippen molar-refractivity contribution < 1.29 is 9.53 Å². The van der Waals surface area contributed by atoms with Crippen LogP contribution < -0.4 is 0 Å². The summed E-state index contributed by atoms with van der Waals surface area (Å²) in [6.45, 7) is 4.71. The van der Waals surface area contributed by atoms with E-state index >= 15 is 0 Å². The van der Waals surface area contributed by atoms with Crippen LogP contribution >= 0.6 is 0 Å². The first-order chi connectivity index (χ1) is 13.1. The summed E-state index contributed by atoms with van der Waals surface area (Å²) >= 11 is 0. The number of nitrogens with one attached hydrogen (secondary N) is 2. The van der Waals surface area contributed by atoms with Gasteiger partial charge in [0.15, 0.2) is 0 Å². The molecule has 1 saturated heterocycles. The van der Waals surface area contributed by atoms with Crippen LogP contribution in [0.5, 0.6) is 0 Å². The normalized spacial score (nSPS) is 17.3. The highest BCUT2D eigenvalue weighted by atomic mass is 16.5. The van der Waals surface area contributed by atoms with E-state index in [1.807, 2.05) is 12.1 Å². The summed E-state index contributed by atoms with van der Waals surface area (Å²) in [6.07, 6.45) is 0.751. The van der Waals surface area contributed by atoms with Crippen molar-refractivity contribution in [3.63, 3.8) is 0 Å². The first-order valence-corrected chi connectivity index (χ1v) is 9.46. The van der Waals surface area contributed by atoms with E-state index in [-0.39, 0.29) is 17.8 Å². The minimum atomic E-state index is -0.166. The molecule has 136 valence electrons. The van der Waals surface area contributed by atoms with Gasteiger partial charge in [-0.1, -0.05) is 36.4 Å². The molecule has 4 heteroatoms. The summed E-state index contributed by atoms with van der Waals surface area (Å²) in [5.41, 5.74) is 6.87. The van der Waals surface area contributed by atoms with Crippen molar-refractivity contribution in [2.24, 2.45) is 5.92 Å². The van der Waals surface area contributed by atoms with Gasteiger partial charge in [0.2, 0.25) is 0 Å². The molecule has 2 N–H and O–H groups in total. The van der Waals surface area contributed by atoms with Crippen molar-refractivity contribution in [1.29, 1.82) is 0 Å². The smallest absolute Gasteiger partial charge is 0.310 e. The Morgan fingerprint density at radius 1 is 0.889 bits per heavy atom. The number of H-pyrrole nitrogens is 2. The standard InChI is InChI=1S/C23H22N2O2/c1-13-20(15-7-3-5-9-18(15)24-13)22(17-11-12-27-23(17)26)21-14(2)25-19-10-6-4-8-16(19)21/h3-10,17,22,24-25H,11-12H2,1-2H3/t17-/m0/s1. The number of hydrogen-bond acceptors (Lipinski definition) is 2. The number of aryl methyl sites for hydroxylation is 2. The monoisotopic (exact) mass is 358 g/mol. The van der Waals surface area contributed by atoms with Gasteiger partial charge in [0.25, 0.3) is 0 Å². The van der Waals surface area contributed by atoms with E-state index in [0.717, 1.165) is 28.8 Å². The predicted molar refractivity (Wildman–Crippen MR) is 107 cm³/mol. The molecular formula is C23H22N2O2. The lowest BCUT2D eigenvalue weighted by atomic mass is 9.77. The molecule has 0 bridgehead atoms. The Bertz CT molecular complexity index is 1090. The number of esters is 1. The maximum Gasteiger partial charge on any atom is 0.310 e. The number of ether oxygens (including phenoxy) is 1. The van der Waals surface area contributed by atoms with Gasteiger partial charge in [-0.05, 0) is 43.5 Å². The van der Waals surface area contributed by atoms with Crippen molar-refractivity contribution in [1.82, 2.24) is 9.97 Å². The molecule has 0 unspecified atom stereocenters. The van der Waals surface area contributed by atoms with Crippen LogP contribution in [0.3, 0.4) is 0 Å². The summed E-state index contributed by atoms with van der Waals surface area (Å²) in [4.78, 5) is 19.7. The molecule has 3 heterocycles. The topological polar surface area (TPSA) is 57.9 Å². The number of hydrogen-bond donors (Lipinski definition) is 2. The highest BCUT2D eigenvalue weighted by molar-refractivity contribution is 5.91. The number of cyclic esters (lactones) is 1. The minimum absolute atomic E-state index is 0.0349. The van der Waals surface area contributed by atoms with Gasteiger partial charge in [-0.25, -0.2) is 0 Å². The molecule has 2 aromatic carbocycles. The van der Waals surface area contributed by atoms with Gasteiger partial charge in [-0.3, -0.25) is 4.79 Å². The number of rotatable bonds is 3. The summed E-state index contributed by atoms with van der Waals surface area (Å²) in [5.74, 6) is -0.289. The average molecular weight is 358 g/mol. The quantitative estimate of drug-likeness (QED) is 0.509. The Morgan fingerprint density at radius 2 is 1.41 bits per heavy atom. The lowest BCUT2D eigenvalue weighted by Gasteiger charge is -2.23. The Kier molecular flexibility index (Phi) is 3.61. The second kappa shape index (κ2) is 6.02. The fourth-order valence-electron chi connectivity index (χ4n) is 4.76. The molecule has 27 heavy (non-hydrogen) atoms. The Balaban J connectivity index is 1.83. The lowest BCUT2D eigenvalue weighted by Crippen LogP contribution is -2.20. The van der Waals surface area contributed by atoms with Crippen molar-refractivity contribution in [2.45, 2.75) is 26.2 Å². The molecule has 4 aromatic rings. The molecule has 0 saturated carbocycles. The molecule has 1 atom stereocenters. The van der Waals surface area contributed by atoms with E-state index in [1.54, 1.807) is 0 Å². The molecule has 2 aromatic heterocycles. The van der Waals surface area contributed by atoms with Crippen LogP contribution in [0.15, 0.2) is 48.5 Å². The maximum absolute atomic E-state index is 12.7. The van der Waals surface area contributed by atoms with Crippen molar-refractivity contribution in [3.8, 4) is 0 Å². The van der Waals surface area contributed by atoms with Gasteiger partial charge >= 0.3 is 5.97 Å². The average Bonchev–Trinajstić information content (AvgIpc) is 3.32. The summed E-state index contributed by atoms with van der Waals surface area (Å²) < 4.78 is 5.39. The molecule has 5 rings (SSSR count). The van der Waals surface area contributed by atoms with E-state index in [1.165, 1.54) is 21.9 Å². The van der Waals surface area contributed by atoms with Gasteiger partial charge in [-0.15, -0.1) is 0 Å². The molecule has 0 radical (unpaired) electrons. The molecule has 0 aliphatic carbocycles. The van der Waals surface area contributed by atoms with Crippen LogP contribution in [0.1, 0.15) is 34.9 Å². The Labute approximate surface area is 157 Å². The van der Waals surface area contributed by atoms with E-state index in [0.29, 0.717) is 6.61 Å². The van der Waals surface area contributed by atoms with E-state index < -0.39 is 0 Å². The Morgan fingerprint density at radius 3 is 1.89 bits per heavy atom.